The Balaban J connectivity index is 2.10. The second kappa shape index (κ2) is 9.60. The average molecular weight is 557 g/mol. The smallest absolute Gasteiger partial charge is 0.253 e. The van der Waals surface area contributed by atoms with Gasteiger partial charge in [-0.05, 0) is 78.5 Å². The number of hydrogen-bond donors (Lipinski definition) is 3. The standard InChI is InChI=1S/C18H17Cl3IN3OS/c1-10-6-7-14(11(2)8-10)23-17(27)25-16(18(19,20)21)24-15(26)12-4-3-5-13(22)9-12/h3-9,16H,1-2H3,(H,24,26)(H2,23,25,27)/t16-/m0/s1. The van der Waals surface area contributed by atoms with Crippen LogP contribution >= 0.6 is 69.6 Å². The molecule has 0 radical (unpaired) electrons. The minimum atomic E-state index is -1.81. The number of halogens is 4. The summed E-state index contributed by atoms with van der Waals surface area (Å²) >= 11 is 25.5. The van der Waals surface area contributed by atoms with E-state index in [2.05, 4.69) is 38.5 Å². The third kappa shape index (κ3) is 6.94. The Morgan fingerprint density at radius 1 is 1.11 bits per heavy atom. The number of hydrogen-bond acceptors (Lipinski definition) is 2. The van der Waals surface area contributed by atoms with Gasteiger partial charge < -0.3 is 16.0 Å². The molecular weight excluding hydrogens is 540 g/mol. The highest BCUT2D eigenvalue weighted by atomic mass is 127. The van der Waals surface area contributed by atoms with Gasteiger partial charge in [-0.25, -0.2) is 0 Å². The van der Waals surface area contributed by atoms with E-state index in [9.17, 15) is 4.79 Å². The average Bonchev–Trinajstić information content (AvgIpc) is 2.56. The Hall–Kier alpha value is -0.800. The maximum Gasteiger partial charge on any atom is 0.253 e. The highest BCUT2D eigenvalue weighted by Gasteiger charge is 2.35. The minimum Gasteiger partial charge on any atom is -0.339 e. The maximum atomic E-state index is 12.5. The zero-order valence-corrected chi connectivity index (χ0v) is 19.7. The van der Waals surface area contributed by atoms with Gasteiger partial charge in [0.1, 0.15) is 6.17 Å². The van der Waals surface area contributed by atoms with Crippen molar-refractivity contribution in [3.05, 3.63) is 62.7 Å². The van der Waals surface area contributed by atoms with E-state index >= 15 is 0 Å². The van der Waals surface area contributed by atoms with Gasteiger partial charge in [-0.15, -0.1) is 0 Å². The molecule has 0 bridgehead atoms. The van der Waals surface area contributed by atoms with Gasteiger partial charge in [-0.3, -0.25) is 4.79 Å². The summed E-state index contributed by atoms with van der Waals surface area (Å²) in [5.74, 6) is -0.383. The zero-order valence-electron chi connectivity index (χ0n) is 14.4. The van der Waals surface area contributed by atoms with E-state index in [1.54, 1.807) is 18.2 Å². The van der Waals surface area contributed by atoms with Crippen LogP contribution in [0.5, 0.6) is 0 Å². The van der Waals surface area contributed by atoms with Gasteiger partial charge in [0.2, 0.25) is 3.79 Å². The zero-order chi connectivity index (χ0) is 20.2. The molecule has 0 aromatic heterocycles. The number of carbonyl (C=O) groups excluding carboxylic acids is 1. The van der Waals surface area contributed by atoms with Crippen molar-refractivity contribution in [1.29, 1.82) is 0 Å². The summed E-state index contributed by atoms with van der Waals surface area (Å²) in [6.45, 7) is 3.97. The van der Waals surface area contributed by atoms with Crippen molar-refractivity contribution in [2.75, 3.05) is 5.32 Å². The van der Waals surface area contributed by atoms with Crippen molar-refractivity contribution < 1.29 is 4.79 Å². The first kappa shape index (κ1) is 22.5. The summed E-state index contributed by atoms with van der Waals surface area (Å²) in [7, 11) is 0. The molecule has 27 heavy (non-hydrogen) atoms. The van der Waals surface area contributed by atoms with Crippen molar-refractivity contribution >= 4 is 86.3 Å². The third-order valence-corrected chi connectivity index (χ3v) is 5.14. The van der Waals surface area contributed by atoms with Crippen molar-refractivity contribution in [2.45, 2.75) is 23.8 Å². The van der Waals surface area contributed by atoms with Crippen LogP contribution in [0.4, 0.5) is 5.69 Å². The van der Waals surface area contributed by atoms with Crippen LogP contribution in [0.15, 0.2) is 42.5 Å². The monoisotopic (exact) mass is 555 g/mol. The van der Waals surface area contributed by atoms with Crippen LogP contribution in [-0.4, -0.2) is 21.0 Å². The van der Waals surface area contributed by atoms with Crippen LogP contribution in [0.25, 0.3) is 0 Å². The summed E-state index contributed by atoms with van der Waals surface area (Å²) in [5, 5.41) is 8.79. The van der Waals surface area contributed by atoms with Crippen molar-refractivity contribution in [1.82, 2.24) is 10.6 Å². The fraction of sp³-hybridized carbons (Fsp3) is 0.222. The molecule has 0 heterocycles. The first-order valence-corrected chi connectivity index (χ1v) is 10.5. The first-order chi connectivity index (χ1) is 12.6. The Bertz CT molecular complexity index is 858. The summed E-state index contributed by atoms with van der Waals surface area (Å²) < 4.78 is -0.892. The number of alkyl halides is 3. The SMILES string of the molecule is Cc1ccc(NC(=S)N[C@H](NC(=O)c2cccc(I)c2)C(Cl)(Cl)Cl)c(C)c1. The number of amides is 1. The number of carbonyl (C=O) groups is 1. The lowest BCUT2D eigenvalue weighted by molar-refractivity contribution is 0.0934. The molecule has 3 N–H and O–H groups in total. The van der Waals surface area contributed by atoms with Crippen LogP contribution in [0, 0.1) is 17.4 Å². The maximum absolute atomic E-state index is 12.5. The lowest BCUT2D eigenvalue weighted by atomic mass is 10.1. The molecule has 4 nitrogen and oxygen atoms in total. The van der Waals surface area contributed by atoms with Crippen LogP contribution < -0.4 is 16.0 Å². The van der Waals surface area contributed by atoms with E-state index in [1.165, 1.54) is 0 Å². The van der Waals surface area contributed by atoms with Crippen LogP contribution in [0.1, 0.15) is 21.5 Å². The molecule has 2 rings (SSSR count). The Morgan fingerprint density at radius 2 is 1.81 bits per heavy atom. The van der Waals surface area contributed by atoms with Crippen LogP contribution in [-0.2, 0) is 0 Å². The first-order valence-electron chi connectivity index (χ1n) is 7.84. The minimum absolute atomic E-state index is 0.223. The molecule has 2 aromatic carbocycles. The van der Waals surface area contributed by atoms with Gasteiger partial charge >= 0.3 is 0 Å². The largest absolute Gasteiger partial charge is 0.339 e. The molecule has 0 fully saturated rings. The van der Waals surface area contributed by atoms with Gasteiger partial charge in [0.05, 0.1) is 0 Å². The second-order valence-corrected chi connectivity index (χ2v) is 9.90. The van der Waals surface area contributed by atoms with Gasteiger partial charge in [-0.1, -0.05) is 58.6 Å². The number of nitrogens with one attached hydrogen (secondary N) is 3. The Labute approximate surface area is 192 Å². The highest BCUT2D eigenvalue weighted by molar-refractivity contribution is 14.1. The predicted octanol–water partition coefficient (Wildman–Crippen LogP) is 5.32. The molecule has 0 unspecified atom stereocenters. The predicted molar refractivity (Wildman–Crippen MR) is 126 cm³/mol. The molecule has 1 amide bonds. The normalized spacial score (nSPS) is 12.2. The summed E-state index contributed by atoms with van der Waals surface area (Å²) in [5.41, 5.74) is 3.44. The van der Waals surface area contributed by atoms with Gasteiger partial charge in [0.15, 0.2) is 5.11 Å². The molecule has 0 aliphatic rings. The molecule has 0 saturated heterocycles. The highest BCUT2D eigenvalue weighted by Crippen LogP contribution is 2.29. The molecular formula is C18H17Cl3IN3OS. The fourth-order valence-electron chi connectivity index (χ4n) is 2.29. The molecule has 1 atom stereocenters. The van der Waals surface area contributed by atoms with Crippen molar-refractivity contribution in [3.8, 4) is 0 Å². The molecule has 9 heteroatoms. The fourth-order valence-corrected chi connectivity index (χ4v) is 3.39. The van der Waals surface area contributed by atoms with E-state index < -0.39 is 9.96 Å². The number of benzene rings is 2. The Morgan fingerprint density at radius 3 is 2.41 bits per heavy atom. The molecule has 2 aromatic rings. The van der Waals surface area contributed by atoms with E-state index in [0.717, 1.165) is 20.4 Å². The quantitative estimate of drug-likeness (QED) is 0.207. The van der Waals surface area contributed by atoms with Crippen molar-refractivity contribution in [2.24, 2.45) is 0 Å². The lowest BCUT2D eigenvalue weighted by Crippen LogP contribution is -2.56. The number of rotatable bonds is 4. The number of thiocarbonyl (C=S) groups is 1. The number of anilines is 1. The van der Waals surface area contributed by atoms with E-state index in [-0.39, 0.29) is 11.0 Å². The molecule has 0 aliphatic heterocycles. The van der Waals surface area contributed by atoms with E-state index in [4.69, 9.17) is 47.0 Å². The van der Waals surface area contributed by atoms with Crippen molar-refractivity contribution in [3.63, 3.8) is 0 Å². The third-order valence-electron chi connectivity index (χ3n) is 3.60. The topological polar surface area (TPSA) is 53.2 Å². The summed E-state index contributed by atoms with van der Waals surface area (Å²) in [6, 6.07) is 13.0. The van der Waals surface area contributed by atoms with E-state index in [1.807, 2.05) is 38.1 Å². The van der Waals surface area contributed by atoms with Crippen LogP contribution in [0.3, 0.4) is 0 Å². The molecule has 0 aliphatic carbocycles. The van der Waals surface area contributed by atoms with Gasteiger partial charge in [0.25, 0.3) is 5.91 Å². The molecule has 144 valence electrons. The van der Waals surface area contributed by atoms with Gasteiger partial charge in [0, 0.05) is 14.8 Å². The second-order valence-electron chi connectivity index (χ2n) is 5.88. The molecule has 0 spiro atoms. The summed E-state index contributed by atoms with van der Waals surface area (Å²) in [6.07, 6.45) is -1.03. The number of aryl methyl sites for hydroxylation is 2. The van der Waals surface area contributed by atoms with Gasteiger partial charge in [-0.2, -0.15) is 0 Å². The lowest BCUT2D eigenvalue weighted by Gasteiger charge is -2.28. The van der Waals surface area contributed by atoms with Crippen LogP contribution in [0.2, 0.25) is 0 Å². The van der Waals surface area contributed by atoms with E-state index in [0.29, 0.717) is 5.56 Å². The summed E-state index contributed by atoms with van der Waals surface area (Å²) in [4.78, 5) is 12.5. The Kier molecular flexibility index (Phi) is 8.00. The molecule has 0 saturated carbocycles.